The minimum absolute atomic E-state index is 0.262. The van der Waals surface area contributed by atoms with Crippen molar-refractivity contribution in [3.8, 4) is 5.75 Å². The molecule has 0 radical (unpaired) electrons. The summed E-state index contributed by atoms with van der Waals surface area (Å²) in [4.78, 5) is 24.6. The minimum Gasteiger partial charge on any atom is -0.497 e. The van der Waals surface area contributed by atoms with Crippen LogP contribution in [0, 0.1) is 0 Å². The molecule has 0 spiro atoms. The quantitative estimate of drug-likeness (QED) is 0.664. The van der Waals surface area contributed by atoms with E-state index < -0.39 is 0 Å². The topological polar surface area (TPSA) is 67.4 Å². The van der Waals surface area contributed by atoms with Gasteiger partial charge >= 0.3 is 0 Å². The average Bonchev–Trinajstić information content (AvgIpc) is 2.70. The Morgan fingerprint density at radius 3 is 2.22 bits per heavy atom. The molecule has 0 atom stereocenters. The molecule has 5 nitrogen and oxygen atoms in total. The fourth-order valence-corrected chi connectivity index (χ4v) is 2.61. The van der Waals surface area contributed by atoms with Gasteiger partial charge in [-0.05, 0) is 54.6 Å². The van der Waals surface area contributed by atoms with Crippen molar-refractivity contribution < 1.29 is 14.3 Å². The predicted molar refractivity (Wildman–Crippen MR) is 107 cm³/mol. The molecule has 27 heavy (non-hydrogen) atoms. The fraction of sp³-hybridized carbons (Fsp3) is 0.0476. The third kappa shape index (κ3) is 4.65. The largest absolute Gasteiger partial charge is 0.497 e. The minimum atomic E-state index is -0.284. The van der Waals surface area contributed by atoms with E-state index in [1.807, 2.05) is 0 Å². The molecule has 0 fully saturated rings. The number of carbonyl (C=O) groups excluding carboxylic acids is 2. The van der Waals surface area contributed by atoms with E-state index >= 15 is 0 Å². The Balaban J connectivity index is 1.67. The summed E-state index contributed by atoms with van der Waals surface area (Å²) < 4.78 is 5.12. The molecule has 0 heterocycles. The summed E-state index contributed by atoms with van der Waals surface area (Å²) >= 11 is 6.05. The van der Waals surface area contributed by atoms with Crippen molar-refractivity contribution in [1.82, 2.24) is 0 Å². The van der Waals surface area contributed by atoms with E-state index in [1.54, 1.807) is 79.9 Å². The summed E-state index contributed by atoms with van der Waals surface area (Å²) in [5.74, 6) is 0.0604. The first kappa shape index (κ1) is 18.5. The van der Waals surface area contributed by atoms with Gasteiger partial charge in [-0.1, -0.05) is 29.8 Å². The maximum atomic E-state index is 12.3. The summed E-state index contributed by atoms with van der Waals surface area (Å²) in [5.41, 5.74) is 2.06. The van der Waals surface area contributed by atoms with Gasteiger partial charge in [-0.25, -0.2) is 0 Å². The van der Waals surface area contributed by atoms with Crippen LogP contribution in [0.1, 0.15) is 20.7 Å². The lowest BCUT2D eigenvalue weighted by Crippen LogP contribution is -2.14. The zero-order valence-electron chi connectivity index (χ0n) is 14.5. The van der Waals surface area contributed by atoms with Crippen molar-refractivity contribution in [2.75, 3.05) is 17.7 Å². The highest BCUT2D eigenvalue weighted by atomic mass is 35.5. The Morgan fingerprint density at radius 2 is 1.52 bits per heavy atom. The van der Waals surface area contributed by atoms with Gasteiger partial charge in [0.05, 0.1) is 17.8 Å². The summed E-state index contributed by atoms with van der Waals surface area (Å²) in [6.45, 7) is 0. The molecule has 0 aliphatic rings. The standard InChI is InChI=1S/C21H17ClN2O3/c1-27-17-6-4-5-15(13-17)21(26)23-16-11-9-14(10-12-16)20(25)24-19-8-3-2-7-18(19)22/h2-13H,1H3,(H,23,26)(H,24,25). The van der Waals surface area contributed by atoms with Gasteiger partial charge in [-0.15, -0.1) is 0 Å². The number of anilines is 2. The van der Waals surface area contributed by atoms with E-state index in [1.165, 1.54) is 0 Å². The van der Waals surface area contributed by atoms with Crippen molar-refractivity contribution in [3.63, 3.8) is 0 Å². The van der Waals surface area contributed by atoms with E-state index in [4.69, 9.17) is 16.3 Å². The summed E-state index contributed by atoms with van der Waals surface area (Å²) in [7, 11) is 1.55. The molecule has 0 bridgehead atoms. The zero-order valence-corrected chi connectivity index (χ0v) is 15.3. The molecule has 0 aromatic heterocycles. The number of amides is 2. The highest BCUT2D eigenvalue weighted by molar-refractivity contribution is 6.33. The van der Waals surface area contributed by atoms with Gasteiger partial charge < -0.3 is 15.4 Å². The third-order valence-corrected chi connectivity index (χ3v) is 4.19. The number of hydrogen-bond acceptors (Lipinski definition) is 3. The molecule has 2 amide bonds. The molecular formula is C21H17ClN2O3. The Bertz CT molecular complexity index is 971. The van der Waals surface area contributed by atoms with Gasteiger partial charge in [-0.2, -0.15) is 0 Å². The number of methoxy groups -OCH3 is 1. The van der Waals surface area contributed by atoms with Crippen LogP contribution in [-0.4, -0.2) is 18.9 Å². The van der Waals surface area contributed by atoms with Crippen molar-refractivity contribution >= 4 is 34.8 Å². The Hall–Kier alpha value is -3.31. The Kier molecular flexibility index (Phi) is 5.74. The molecule has 3 aromatic rings. The first-order chi connectivity index (χ1) is 13.1. The lowest BCUT2D eigenvalue weighted by atomic mass is 10.1. The van der Waals surface area contributed by atoms with Crippen LogP contribution in [0.2, 0.25) is 5.02 Å². The van der Waals surface area contributed by atoms with E-state index in [0.29, 0.717) is 33.3 Å². The molecule has 0 saturated heterocycles. The first-order valence-electron chi connectivity index (χ1n) is 8.18. The first-order valence-corrected chi connectivity index (χ1v) is 8.56. The van der Waals surface area contributed by atoms with Crippen LogP contribution in [0.25, 0.3) is 0 Å². The molecule has 3 rings (SSSR count). The van der Waals surface area contributed by atoms with Crippen molar-refractivity contribution in [3.05, 3.63) is 88.9 Å². The number of carbonyl (C=O) groups is 2. The number of ether oxygens (including phenoxy) is 1. The molecule has 0 unspecified atom stereocenters. The molecule has 0 aliphatic heterocycles. The summed E-state index contributed by atoms with van der Waals surface area (Å²) in [6.07, 6.45) is 0. The second-order valence-electron chi connectivity index (χ2n) is 5.70. The van der Waals surface area contributed by atoms with Crippen LogP contribution >= 0.6 is 11.6 Å². The van der Waals surface area contributed by atoms with E-state index in [0.717, 1.165) is 0 Å². The molecule has 2 N–H and O–H groups in total. The van der Waals surface area contributed by atoms with Crippen LogP contribution in [-0.2, 0) is 0 Å². The maximum Gasteiger partial charge on any atom is 0.255 e. The van der Waals surface area contributed by atoms with Gasteiger partial charge in [0.25, 0.3) is 11.8 Å². The molecular weight excluding hydrogens is 364 g/mol. The average molecular weight is 381 g/mol. The van der Waals surface area contributed by atoms with Gasteiger partial charge in [0.15, 0.2) is 0 Å². The Labute approximate surface area is 161 Å². The monoisotopic (exact) mass is 380 g/mol. The fourth-order valence-electron chi connectivity index (χ4n) is 2.43. The lowest BCUT2D eigenvalue weighted by molar-refractivity contribution is 0.101. The predicted octanol–water partition coefficient (Wildman–Crippen LogP) is 4.85. The van der Waals surface area contributed by atoms with Crippen LogP contribution in [0.3, 0.4) is 0 Å². The second-order valence-corrected chi connectivity index (χ2v) is 6.10. The van der Waals surface area contributed by atoms with Crippen molar-refractivity contribution in [2.45, 2.75) is 0 Å². The summed E-state index contributed by atoms with van der Waals surface area (Å²) in [5, 5.41) is 6.01. The van der Waals surface area contributed by atoms with Crippen LogP contribution in [0.15, 0.2) is 72.8 Å². The van der Waals surface area contributed by atoms with Crippen LogP contribution in [0.5, 0.6) is 5.75 Å². The summed E-state index contributed by atoms with van der Waals surface area (Å²) in [6, 6.07) is 20.5. The van der Waals surface area contributed by atoms with Crippen LogP contribution < -0.4 is 15.4 Å². The van der Waals surface area contributed by atoms with Gasteiger partial charge in [-0.3, -0.25) is 9.59 Å². The Morgan fingerprint density at radius 1 is 0.815 bits per heavy atom. The number of benzene rings is 3. The lowest BCUT2D eigenvalue weighted by Gasteiger charge is -2.09. The van der Waals surface area contributed by atoms with Gasteiger partial charge in [0.2, 0.25) is 0 Å². The van der Waals surface area contributed by atoms with Crippen molar-refractivity contribution in [1.29, 1.82) is 0 Å². The zero-order chi connectivity index (χ0) is 19.2. The number of nitrogens with one attached hydrogen (secondary N) is 2. The van der Waals surface area contributed by atoms with E-state index in [-0.39, 0.29) is 11.8 Å². The van der Waals surface area contributed by atoms with Crippen molar-refractivity contribution in [2.24, 2.45) is 0 Å². The highest BCUT2D eigenvalue weighted by Crippen LogP contribution is 2.21. The molecule has 6 heteroatoms. The smallest absolute Gasteiger partial charge is 0.255 e. The van der Waals surface area contributed by atoms with Gasteiger partial charge in [0.1, 0.15) is 5.75 Å². The van der Waals surface area contributed by atoms with E-state index in [9.17, 15) is 9.59 Å². The molecule has 0 saturated carbocycles. The number of rotatable bonds is 5. The van der Waals surface area contributed by atoms with E-state index in [2.05, 4.69) is 10.6 Å². The second kappa shape index (κ2) is 8.38. The molecule has 0 aliphatic carbocycles. The molecule has 136 valence electrons. The number of hydrogen-bond donors (Lipinski definition) is 2. The third-order valence-electron chi connectivity index (χ3n) is 3.86. The van der Waals surface area contributed by atoms with Gasteiger partial charge in [0, 0.05) is 16.8 Å². The maximum absolute atomic E-state index is 12.3. The number of halogens is 1. The number of para-hydroxylation sites is 1. The normalized spacial score (nSPS) is 10.1. The van der Waals surface area contributed by atoms with Crippen LogP contribution in [0.4, 0.5) is 11.4 Å². The highest BCUT2D eigenvalue weighted by Gasteiger charge is 2.10. The molecule has 3 aromatic carbocycles. The SMILES string of the molecule is COc1cccc(C(=O)Nc2ccc(C(=O)Nc3ccccc3Cl)cc2)c1.